The van der Waals surface area contributed by atoms with Crippen LogP contribution in [-0.2, 0) is 6.54 Å². The number of hydrogen-bond acceptors (Lipinski definition) is 2. The van der Waals surface area contributed by atoms with Crippen LogP contribution in [0.3, 0.4) is 0 Å². The van der Waals surface area contributed by atoms with Crippen molar-refractivity contribution in [2.45, 2.75) is 39.8 Å². The maximum absolute atomic E-state index is 7.77. The highest BCUT2D eigenvalue weighted by atomic mass is 15.4. The molecule has 1 aromatic rings. The summed E-state index contributed by atoms with van der Waals surface area (Å²) in [5.41, 5.74) is 8.58. The first kappa shape index (κ1) is 14.9. The van der Waals surface area contributed by atoms with Gasteiger partial charge in [-0.3, -0.25) is 10.3 Å². The highest BCUT2D eigenvalue weighted by molar-refractivity contribution is 5.74. The Bertz CT molecular complexity index is 469. The fraction of sp³-hybridized carbons (Fsp3) is 0.562. The summed E-state index contributed by atoms with van der Waals surface area (Å²) in [5.74, 6) is 0.675. The molecule has 0 saturated heterocycles. The molecule has 1 aliphatic heterocycles. The number of hydrogen-bond donors (Lipinski definition) is 2. The van der Waals surface area contributed by atoms with Crippen molar-refractivity contribution in [2.24, 2.45) is 11.7 Å². The maximum Gasteiger partial charge on any atom is 0.189 e. The lowest BCUT2D eigenvalue weighted by Crippen LogP contribution is -2.45. The van der Waals surface area contributed by atoms with Crippen LogP contribution in [0.25, 0.3) is 0 Å². The Morgan fingerprint density at radius 2 is 2.15 bits per heavy atom. The van der Waals surface area contributed by atoms with Gasteiger partial charge in [0, 0.05) is 19.1 Å². The smallest absolute Gasteiger partial charge is 0.189 e. The fourth-order valence-electron chi connectivity index (χ4n) is 3.05. The van der Waals surface area contributed by atoms with Gasteiger partial charge in [-0.1, -0.05) is 45.0 Å². The summed E-state index contributed by atoms with van der Waals surface area (Å²) in [4.78, 5) is 4.40. The van der Waals surface area contributed by atoms with E-state index in [1.54, 1.807) is 0 Å². The van der Waals surface area contributed by atoms with E-state index >= 15 is 0 Å². The van der Waals surface area contributed by atoms with E-state index in [0.29, 0.717) is 12.0 Å². The topological polar surface area (TPSA) is 56.4 Å². The van der Waals surface area contributed by atoms with Crippen LogP contribution < -0.4 is 5.73 Å². The predicted octanol–water partition coefficient (Wildman–Crippen LogP) is 2.76. The molecule has 3 N–H and O–H groups in total. The third-order valence-electron chi connectivity index (χ3n) is 3.89. The molecule has 1 atom stereocenters. The zero-order chi connectivity index (χ0) is 14.7. The van der Waals surface area contributed by atoms with Gasteiger partial charge in [0.15, 0.2) is 5.96 Å². The van der Waals surface area contributed by atoms with Gasteiger partial charge in [-0.15, -0.1) is 0 Å². The van der Waals surface area contributed by atoms with Crippen LogP contribution in [0.15, 0.2) is 24.3 Å². The van der Waals surface area contributed by atoms with E-state index in [1.165, 1.54) is 11.1 Å². The summed E-state index contributed by atoms with van der Waals surface area (Å²) in [6.07, 6.45) is 1.09. The van der Waals surface area contributed by atoms with E-state index in [1.807, 2.05) is 4.90 Å². The molecule has 1 unspecified atom stereocenters. The molecule has 1 aromatic carbocycles. The van der Waals surface area contributed by atoms with Crippen LogP contribution in [0.4, 0.5) is 0 Å². The van der Waals surface area contributed by atoms with Crippen LogP contribution in [0.1, 0.15) is 44.4 Å². The van der Waals surface area contributed by atoms with Gasteiger partial charge >= 0.3 is 0 Å². The second-order valence-corrected chi connectivity index (χ2v) is 6.01. The normalized spacial score (nSPS) is 18.3. The molecule has 110 valence electrons. The van der Waals surface area contributed by atoms with Crippen molar-refractivity contribution in [2.75, 3.05) is 13.2 Å². The molecule has 4 nitrogen and oxygen atoms in total. The molecule has 2 rings (SSSR count). The Morgan fingerprint density at radius 1 is 1.45 bits per heavy atom. The first-order valence-corrected chi connectivity index (χ1v) is 7.43. The number of nitrogens with zero attached hydrogens (tertiary/aromatic N) is 2. The molecular formula is C16H26N4. The summed E-state index contributed by atoms with van der Waals surface area (Å²) in [6.45, 7) is 9.06. The quantitative estimate of drug-likeness (QED) is 0.641. The van der Waals surface area contributed by atoms with Crippen LogP contribution in [-0.4, -0.2) is 29.0 Å². The van der Waals surface area contributed by atoms with E-state index in [4.69, 9.17) is 11.1 Å². The van der Waals surface area contributed by atoms with E-state index < -0.39 is 0 Å². The SMILES string of the molecule is CCC1c2ccccc2CN1CN(CC(C)C)C(=N)N. The minimum atomic E-state index is 0.171. The van der Waals surface area contributed by atoms with Crippen LogP contribution in [0.2, 0.25) is 0 Å². The van der Waals surface area contributed by atoms with Gasteiger partial charge in [0.1, 0.15) is 0 Å². The Morgan fingerprint density at radius 3 is 2.75 bits per heavy atom. The van der Waals surface area contributed by atoms with E-state index in [0.717, 1.165) is 26.2 Å². The lowest BCUT2D eigenvalue weighted by molar-refractivity contribution is 0.132. The van der Waals surface area contributed by atoms with Crippen LogP contribution >= 0.6 is 0 Å². The monoisotopic (exact) mass is 274 g/mol. The van der Waals surface area contributed by atoms with Gasteiger partial charge in [0.05, 0.1) is 6.67 Å². The number of nitrogens with one attached hydrogen (secondary N) is 1. The van der Waals surface area contributed by atoms with Crippen molar-refractivity contribution in [3.8, 4) is 0 Å². The minimum Gasteiger partial charge on any atom is -0.370 e. The van der Waals surface area contributed by atoms with Gasteiger partial charge in [-0.05, 0) is 23.5 Å². The first-order chi connectivity index (χ1) is 9.52. The fourth-order valence-corrected chi connectivity index (χ4v) is 3.05. The number of benzene rings is 1. The second-order valence-electron chi connectivity index (χ2n) is 6.01. The van der Waals surface area contributed by atoms with Crippen molar-refractivity contribution in [1.29, 1.82) is 5.41 Å². The van der Waals surface area contributed by atoms with Crippen LogP contribution in [0.5, 0.6) is 0 Å². The molecule has 0 aliphatic carbocycles. The van der Waals surface area contributed by atoms with E-state index in [9.17, 15) is 0 Å². The van der Waals surface area contributed by atoms with Gasteiger partial charge < -0.3 is 10.6 Å². The molecule has 0 radical (unpaired) electrons. The molecule has 0 aromatic heterocycles. The molecular weight excluding hydrogens is 248 g/mol. The molecule has 20 heavy (non-hydrogen) atoms. The zero-order valence-corrected chi connectivity index (χ0v) is 12.8. The molecule has 4 heteroatoms. The Labute approximate surface area is 122 Å². The molecule has 0 fully saturated rings. The summed E-state index contributed by atoms with van der Waals surface area (Å²) in [7, 11) is 0. The summed E-state index contributed by atoms with van der Waals surface area (Å²) in [5, 5.41) is 7.77. The summed E-state index contributed by atoms with van der Waals surface area (Å²) >= 11 is 0. The molecule has 0 amide bonds. The average molecular weight is 274 g/mol. The van der Waals surface area contributed by atoms with Gasteiger partial charge in [-0.25, -0.2) is 0 Å². The van der Waals surface area contributed by atoms with E-state index in [-0.39, 0.29) is 5.96 Å². The number of guanidine groups is 1. The third-order valence-corrected chi connectivity index (χ3v) is 3.89. The molecule has 0 bridgehead atoms. The standard InChI is InChI=1S/C16H26N4/c1-4-15-14-8-6-5-7-13(14)10-19(15)11-20(16(17)18)9-12(2)3/h5-8,12,15H,4,9-11H2,1-3H3,(H3,17,18). The Kier molecular flexibility index (Phi) is 4.65. The predicted molar refractivity (Wildman–Crippen MR) is 83.3 cm³/mol. The number of rotatable bonds is 5. The lowest BCUT2D eigenvalue weighted by Gasteiger charge is -2.32. The molecule has 0 spiro atoms. The maximum atomic E-state index is 7.77. The highest BCUT2D eigenvalue weighted by Gasteiger charge is 2.29. The minimum absolute atomic E-state index is 0.171. The average Bonchev–Trinajstić information content (AvgIpc) is 2.74. The van der Waals surface area contributed by atoms with Gasteiger partial charge in [-0.2, -0.15) is 0 Å². The highest BCUT2D eigenvalue weighted by Crippen LogP contribution is 2.35. The summed E-state index contributed by atoms with van der Waals surface area (Å²) < 4.78 is 0. The van der Waals surface area contributed by atoms with Crippen molar-refractivity contribution < 1.29 is 0 Å². The first-order valence-electron chi connectivity index (χ1n) is 7.43. The zero-order valence-electron chi connectivity index (χ0n) is 12.8. The van der Waals surface area contributed by atoms with Crippen molar-refractivity contribution in [3.63, 3.8) is 0 Å². The van der Waals surface area contributed by atoms with Crippen molar-refractivity contribution >= 4 is 5.96 Å². The second kappa shape index (κ2) is 6.27. The Hall–Kier alpha value is -1.55. The summed E-state index contributed by atoms with van der Waals surface area (Å²) in [6, 6.07) is 9.09. The lowest BCUT2D eigenvalue weighted by atomic mass is 10.0. The molecule has 0 saturated carbocycles. The van der Waals surface area contributed by atoms with Gasteiger partial charge in [0.2, 0.25) is 0 Å². The third kappa shape index (κ3) is 3.12. The largest absolute Gasteiger partial charge is 0.370 e. The number of nitrogens with two attached hydrogens (primary N) is 1. The number of fused-ring (bicyclic) bond motifs is 1. The van der Waals surface area contributed by atoms with Crippen LogP contribution in [0, 0.1) is 11.3 Å². The van der Waals surface area contributed by atoms with Gasteiger partial charge in [0.25, 0.3) is 0 Å². The molecule has 1 heterocycles. The Balaban J connectivity index is 2.12. The van der Waals surface area contributed by atoms with E-state index in [2.05, 4.69) is 49.9 Å². The van der Waals surface area contributed by atoms with Crippen molar-refractivity contribution in [3.05, 3.63) is 35.4 Å². The van der Waals surface area contributed by atoms with Crippen molar-refractivity contribution in [1.82, 2.24) is 9.80 Å². The molecule has 1 aliphatic rings.